The van der Waals surface area contributed by atoms with Crippen LogP contribution < -0.4 is 5.32 Å². The molecule has 1 aliphatic heterocycles. The quantitative estimate of drug-likeness (QED) is 0.688. The van der Waals surface area contributed by atoms with Gasteiger partial charge >= 0.3 is 6.03 Å². The summed E-state index contributed by atoms with van der Waals surface area (Å²) in [7, 11) is 0. The molecule has 30 heavy (non-hydrogen) atoms. The third-order valence-electron chi connectivity index (χ3n) is 5.45. The van der Waals surface area contributed by atoms with Crippen LogP contribution in [0.25, 0.3) is 10.2 Å². The van der Waals surface area contributed by atoms with E-state index in [2.05, 4.69) is 5.32 Å². The summed E-state index contributed by atoms with van der Waals surface area (Å²) in [4.78, 5) is 30.2. The first kappa shape index (κ1) is 20.4. The lowest BCUT2D eigenvalue weighted by molar-refractivity contribution is 0.0571. The number of aromatic nitrogens is 1. The molecular weight excluding hydrogens is 403 g/mol. The molecule has 3 heterocycles. The van der Waals surface area contributed by atoms with Crippen molar-refractivity contribution in [2.45, 2.75) is 26.4 Å². The summed E-state index contributed by atoms with van der Waals surface area (Å²) >= 11 is 1.57. The Bertz CT molecular complexity index is 1080. The van der Waals surface area contributed by atoms with E-state index < -0.39 is 0 Å². The van der Waals surface area contributed by atoms with E-state index >= 15 is 0 Å². The summed E-state index contributed by atoms with van der Waals surface area (Å²) in [5.74, 6) is -0.345. The Labute approximate surface area is 178 Å². The first-order valence-corrected chi connectivity index (χ1v) is 11.0. The van der Waals surface area contributed by atoms with Crippen LogP contribution in [0.4, 0.5) is 9.18 Å². The van der Waals surface area contributed by atoms with Crippen LogP contribution in [0.2, 0.25) is 0 Å². The summed E-state index contributed by atoms with van der Waals surface area (Å²) in [6.07, 6.45) is 0. The minimum atomic E-state index is -0.287. The highest BCUT2D eigenvalue weighted by Gasteiger charge is 2.31. The van der Waals surface area contributed by atoms with E-state index in [1.165, 1.54) is 12.1 Å². The molecule has 1 aliphatic rings. The maximum atomic E-state index is 13.7. The lowest BCUT2D eigenvalue weighted by atomic mass is 10.1. The number of nitrogens with zero attached hydrogens (tertiary/aromatic N) is 3. The van der Waals surface area contributed by atoms with Gasteiger partial charge in [0, 0.05) is 44.2 Å². The molecule has 3 aromatic rings. The SMILES string of the molecule is CCNC(=O)N1CCN(C(=O)c2cc3ccsc3n2Cc2cccc(F)c2)CC1C. The molecule has 0 spiro atoms. The second-order valence-electron chi connectivity index (χ2n) is 7.56. The Balaban J connectivity index is 1.58. The van der Waals surface area contributed by atoms with E-state index in [1.54, 1.807) is 27.2 Å². The number of benzene rings is 1. The van der Waals surface area contributed by atoms with Crippen LogP contribution in [0.15, 0.2) is 41.8 Å². The van der Waals surface area contributed by atoms with Crippen LogP contribution in [0.1, 0.15) is 29.9 Å². The fourth-order valence-electron chi connectivity index (χ4n) is 3.99. The van der Waals surface area contributed by atoms with Crippen molar-refractivity contribution in [2.24, 2.45) is 0 Å². The van der Waals surface area contributed by atoms with E-state index in [0.29, 0.717) is 38.4 Å². The van der Waals surface area contributed by atoms with E-state index in [1.807, 2.05) is 42.0 Å². The van der Waals surface area contributed by atoms with Gasteiger partial charge in [0.05, 0.1) is 0 Å². The zero-order chi connectivity index (χ0) is 21.3. The van der Waals surface area contributed by atoms with Crippen molar-refractivity contribution in [1.82, 2.24) is 19.7 Å². The van der Waals surface area contributed by atoms with Crippen LogP contribution in [-0.4, -0.2) is 58.5 Å². The zero-order valence-electron chi connectivity index (χ0n) is 17.1. The molecular formula is C22H25FN4O2S. The number of halogens is 1. The average molecular weight is 429 g/mol. The van der Waals surface area contributed by atoms with Crippen molar-refractivity contribution in [3.05, 3.63) is 58.9 Å². The van der Waals surface area contributed by atoms with Gasteiger partial charge in [0.25, 0.3) is 5.91 Å². The predicted octanol–water partition coefficient (Wildman–Crippen LogP) is 3.77. The summed E-state index contributed by atoms with van der Waals surface area (Å²) in [5.41, 5.74) is 1.41. The first-order valence-electron chi connectivity index (χ1n) is 10.1. The number of fused-ring (bicyclic) bond motifs is 1. The Hall–Kier alpha value is -2.87. The lowest BCUT2D eigenvalue weighted by Crippen LogP contribution is -2.57. The molecule has 0 bridgehead atoms. The van der Waals surface area contributed by atoms with Crippen molar-refractivity contribution in [3.63, 3.8) is 0 Å². The van der Waals surface area contributed by atoms with Gasteiger partial charge in [-0.05, 0) is 49.1 Å². The van der Waals surface area contributed by atoms with Gasteiger partial charge in [-0.25, -0.2) is 9.18 Å². The highest BCUT2D eigenvalue weighted by atomic mass is 32.1. The molecule has 4 rings (SSSR count). The van der Waals surface area contributed by atoms with Crippen molar-refractivity contribution < 1.29 is 14.0 Å². The van der Waals surface area contributed by atoms with E-state index in [9.17, 15) is 14.0 Å². The van der Waals surface area contributed by atoms with E-state index in [0.717, 1.165) is 15.8 Å². The van der Waals surface area contributed by atoms with Gasteiger partial charge < -0.3 is 19.7 Å². The van der Waals surface area contributed by atoms with Gasteiger partial charge in [-0.2, -0.15) is 0 Å². The second kappa shape index (κ2) is 8.47. The number of thiophene rings is 1. The molecule has 3 amide bonds. The number of rotatable bonds is 4. The number of hydrogen-bond acceptors (Lipinski definition) is 3. The van der Waals surface area contributed by atoms with Crippen molar-refractivity contribution in [2.75, 3.05) is 26.2 Å². The minimum absolute atomic E-state index is 0.0581. The molecule has 1 saturated heterocycles. The Morgan fingerprint density at radius 3 is 2.80 bits per heavy atom. The predicted molar refractivity (Wildman–Crippen MR) is 116 cm³/mol. The molecule has 0 radical (unpaired) electrons. The van der Waals surface area contributed by atoms with Crippen LogP contribution in [0.3, 0.4) is 0 Å². The fourth-order valence-corrected chi connectivity index (χ4v) is 4.88. The van der Waals surface area contributed by atoms with Crippen LogP contribution in [-0.2, 0) is 6.54 Å². The number of carbonyl (C=O) groups excluding carboxylic acids is 2. The lowest BCUT2D eigenvalue weighted by Gasteiger charge is -2.39. The van der Waals surface area contributed by atoms with Gasteiger partial charge in [-0.1, -0.05) is 12.1 Å². The van der Waals surface area contributed by atoms with E-state index in [4.69, 9.17) is 0 Å². The highest BCUT2D eigenvalue weighted by Crippen LogP contribution is 2.28. The largest absolute Gasteiger partial charge is 0.338 e. The minimum Gasteiger partial charge on any atom is -0.338 e. The van der Waals surface area contributed by atoms with Crippen molar-refractivity contribution in [1.29, 1.82) is 0 Å². The molecule has 1 fully saturated rings. The standard InChI is InChI=1S/C22H25FN4O2S/c1-3-24-22(29)26-9-8-25(13-15(26)2)20(28)19-12-17-7-10-30-21(17)27(19)14-16-5-4-6-18(23)11-16/h4-7,10-12,15H,3,8-9,13-14H2,1-2H3,(H,24,29). The van der Waals surface area contributed by atoms with Crippen LogP contribution in [0, 0.1) is 5.82 Å². The van der Waals surface area contributed by atoms with Gasteiger partial charge in [0.1, 0.15) is 16.3 Å². The molecule has 2 aromatic heterocycles. The summed E-state index contributed by atoms with van der Waals surface area (Å²) in [6.45, 7) is 6.32. The third kappa shape index (κ3) is 3.92. The molecule has 1 N–H and O–H groups in total. The number of piperazine rings is 1. The molecule has 0 aliphatic carbocycles. The van der Waals surface area contributed by atoms with Gasteiger partial charge in [0.15, 0.2) is 0 Å². The number of carbonyl (C=O) groups is 2. The smallest absolute Gasteiger partial charge is 0.317 e. The Morgan fingerprint density at radius 1 is 1.23 bits per heavy atom. The van der Waals surface area contributed by atoms with Gasteiger partial charge in [-0.3, -0.25) is 4.79 Å². The topological polar surface area (TPSA) is 57.6 Å². The third-order valence-corrected chi connectivity index (χ3v) is 6.41. The highest BCUT2D eigenvalue weighted by molar-refractivity contribution is 7.16. The maximum absolute atomic E-state index is 13.7. The van der Waals surface area contributed by atoms with Crippen molar-refractivity contribution >= 4 is 33.5 Å². The molecule has 8 heteroatoms. The molecule has 1 aromatic carbocycles. The molecule has 158 valence electrons. The van der Waals surface area contributed by atoms with Crippen molar-refractivity contribution in [3.8, 4) is 0 Å². The van der Waals surface area contributed by atoms with Crippen LogP contribution >= 0.6 is 11.3 Å². The molecule has 6 nitrogen and oxygen atoms in total. The number of amides is 3. The second-order valence-corrected chi connectivity index (χ2v) is 8.45. The summed E-state index contributed by atoms with van der Waals surface area (Å²) in [5, 5.41) is 5.83. The first-order chi connectivity index (χ1) is 14.5. The summed E-state index contributed by atoms with van der Waals surface area (Å²) in [6, 6.07) is 10.2. The molecule has 0 saturated carbocycles. The van der Waals surface area contributed by atoms with Crippen LogP contribution in [0.5, 0.6) is 0 Å². The average Bonchev–Trinajstić information content (AvgIpc) is 3.30. The molecule has 1 unspecified atom stereocenters. The van der Waals surface area contributed by atoms with Gasteiger partial charge in [-0.15, -0.1) is 11.3 Å². The maximum Gasteiger partial charge on any atom is 0.317 e. The Morgan fingerprint density at radius 2 is 2.07 bits per heavy atom. The molecule has 1 atom stereocenters. The summed E-state index contributed by atoms with van der Waals surface area (Å²) < 4.78 is 15.7. The zero-order valence-corrected chi connectivity index (χ0v) is 17.9. The Kier molecular flexibility index (Phi) is 5.76. The number of urea groups is 1. The fraction of sp³-hybridized carbons (Fsp3) is 0.364. The van der Waals surface area contributed by atoms with E-state index in [-0.39, 0.29) is 23.8 Å². The number of nitrogens with one attached hydrogen (secondary N) is 1. The normalized spacial score (nSPS) is 16.8. The van der Waals surface area contributed by atoms with Gasteiger partial charge in [0.2, 0.25) is 0 Å². The number of hydrogen-bond donors (Lipinski definition) is 1. The monoisotopic (exact) mass is 428 g/mol.